The van der Waals surface area contributed by atoms with E-state index in [1.54, 1.807) is 26.0 Å². The summed E-state index contributed by atoms with van der Waals surface area (Å²) >= 11 is 0. The number of aromatic nitrogens is 1. The molecule has 1 aromatic carbocycles. The number of benzene rings is 1. The summed E-state index contributed by atoms with van der Waals surface area (Å²) < 4.78 is 31.9. The molecule has 10 heteroatoms. The van der Waals surface area contributed by atoms with Crippen LogP contribution in [0.1, 0.15) is 24.2 Å². The van der Waals surface area contributed by atoms with E-state index in [9.17, 15) is 13.2 Å². The maximum absolute atomic E-state index is 12.7. The number of nitrogen functional groups attached to an aromatic ring is 1. The van der Waals surface area contributed by atoms with E-state index in [0.29, 0.717) is 24.6 Å². The van der Waals surface area contributed by atoms with Crippen LogP contribution in [0.3, 0.4) is 0 Å². The van der Waals surface area contributed by atoms with Crippen LogP contribution in [0.4, 0.5) is 11.5 Å². The first-order valence-corrected chi connectivity index (χ1v) is 9.48. The highest BCUT2D eigenvalue weighted by Crippen LogP contribution is 2.25. The second-order valence-electron chi connectivity index (χ2n) is 5.38. The summed E-state index contributed by atoms with van der Waals surface area (Å²) in [6.07, 6.45) is 1.41. The number of pyridine rings is 1. The number of carbonyl (C=O) groups excluding carboxylic acids is 1. The molecule has 148 valence electrons. The molecule has 0 spiro atoms. The van der Waals surface area contributed by atoms with Crippen LogP contribution in [0.5, 0.6) is 5.75 Å². The third-order valence-electron chi connectivity index (χ3n) is 3.80. The van der Waals surface area contributed by atoms with Gasteiger partial charge < -0.3 is 15.8 Å². The maximum Gasteiger partial charge on any atom is 0.259 e. The van der Waals surface area contributed by atoms with Gasteiger partial charge in [0, 0.05) is 13.1 Å². The second-order valence-corrected chi connectivity index (χ2v) is 7.32. The molecule has 0 saturated carbocycles. The monoisotopic (exact) mass is 414 g/mol. The van der Waals surface area contributed by atoms with Gasteiger partial charge in [-0.15, -0.1) is 12.4 Å². The third kappa shape index (κ3) is 5.09. The van der Waals surface area contributed by atoms with E-state index in [1.807, 2.05) is 0 Å². The summed E-state index contributed by atoms with van der Waals surface area (Å²) in [4.78, 5) is 16.5. The number of amides is 1. The molecule has 0 bridgehead atoms. The van der Waals surface area contributed by atoms with Gasteiger partial charge in [-0.3, -0.25) is 4.79 Å². The first kappa shape index (κ1) is 22.7. The lowest BCUT2D eigenvalue weighted by Crippen LogP contribution is -2.30. The van der Waals surface area contributed by atoms with Crippen LogP contribution in [-0.4, -0.2) is 43.8 Å². The van der Waals surface area contributed by atoms with Crippen molar-refractivity contribution in [3.8, 4) is 5.75 Å². The lowest BCUT2D eigenvalue weighted by molar-refractivity contribution is 0.102. The summed E-state index contributed by atoms with van der Waals surface area (Å²) in [5, 5.41) is 2.65. The molecule has 27 heavy (non-hydrogen) atoms. The topological polar surface area (TPSA) is 115 Å². The lowest BCUT2D eigenvalue weighted by Gasteiger charge is -2.19. The molecule has 1 amide bonds. The first-order chi connectivity index (χ1) is 12.3. The van der Waals surface area contributed by atoms with Crippen molar-refractivity contribution in [1.29, 1.82) is 0 Å². The molecule has 0 radical (unpaired) electrons. The van der Waals surface area contributed by atoms with Gasteiger partial charge in [0.2, 0.25) is 10.0 Å². The van der Waals surface area contributed by atoms with Crippen molar-refractivity contribution in [2.24, 2.45) is 0 Å². The minimum absolute atomic E-state index is 0. The van der Waals surface area contributed by atoms with E-state index in [-0.39, 0.29) is 28.6 Å². The van der Waals surface area contributed by atoms with Crippen molar-refractivity contribution in [1.82, 2.24) is 9.29 Å². The third-order valence-corrected chi connectivity index (χ3v) is 5.85. The van der Waals surface area contributed by atoms with Gasteiger partial charge in [0.25, 0.3) is 5.91 Å². The zero-order valence-corrected chi connectivity index (χ0v) is 16.9. The molecular weight excluding hydrogens is 392 g/mol. The molecule has 0 unspecified atom stereocenters. The van der Waals surface area contributed by atoms with Crippen molar-refractivity contribution < 1.29 is 17.9 Å². The van der Waals surface area contributed by atoms with Gasteiger partial charge in [0.05, 0.1) is 29.5 Å². The highest BCUT2D eigenvalue weighted by molar-refractivity contribution is 7.89. The number of methoxy groups -OCH3 is 1. The summed E-state index contributed by atoms with van der Waals surface area (Å²) in [6, 6.07) is 7.35. The molecule has 2 rings (SSSR count). The van der Waals surface area contributed by atoms with E-state index >= 15 is 0 Å². The number of rotatable bonds is 7. The number of ether oxygens (including phenoxy) is 1. The summed E-state index contributed by atoms with van der Waals surface area (Å²) in [6.45, 7) is 4.19. The van der Waals surface area contributed by atoms with Crippen molar-refractivity contribution >= 4 is 39.8 Å². The number of sulfonamides is 1. The molecule has 0 fully saturated rings. The average molecular weight is 415 g/mol. The summed E-state index contributed by atoms with van der Waals surface area (Å²) in [5.41, 5.74) is 6.06. The predicted molar refractivity (Wildman–Crippen MR) is 107 cm³/mol. The Balaban J connectivity index is 0.00000364. The van der Waals surface area contributed by atoms with E-state index in [2.05, 4.69) is 10.3 Å². The summed E-state index contributed by atoms with van der Waals surface area (Å²) in [5.74, 6) is 0.0855. The number of carbonyl (C=O) groups is 1. The first-order valence-electron chi connectivity index (χ1n) is 8.04. The minimum Gasteiger partial charge on any atom is -0.496 e. The number of nitrogens with zero attached hydrogens (tertiary/aromatic N) is 2. The Labute approximate surface area is 165 Å². The normalized spacial score (nSPS) is 11.0. The number of hydrogen-bond acceptors (Lipinski definition) is 6. The molecule has 0 aliphatic heterocycles. The second kappa shape index (κ2) is 9.54. The minimum atomic E-state index is -3.69. The van der Waals surface area contributed by atoms with Crippen LogP contribution < -0.4 is 15.8 Å². The fourth-order valence-electron chi connectivity index (χ4n) is 2.42. The molecule has 3 N–H and O–H groups in total. The number of nitrogens with one attached hydrogen (secondary N) is 1. The van der Waals surface area contributed by atoms with E-state index < -0.39 is 15.9 Å². The molecule has 1 aromatic heterocycles. The molecule has 8 nitrogen and oxygen atoms in total. The molecule has 0 aliphatic carbocycles. The van der Waals surface area contributed by atoms with Gasteiger partial charge in [0.1, 0.15) is 11.6 Å². The van der Waals surface area contributed by atoms with Crippen molar-refractivity contribution in [2.75, 3.05) is 31.2 Å². The van der Waals surface area contributed by atoms with Gasteiger partial charge >= 0.3 is 0 Å². The van der Waals surface area contributed by atoms with Gasteiger partial charge in [0.15, 0.2) is 0 Å². The van der Waals surface area contributed by atoms with Crippen molar-refractivity contribution in [3.05, 3.63) is 42.1 Å². The Morgan fingerprint density at radius 2 is 1.89 bits per heavy atom. The van der Waals surface area contributed by atoms with Gasteiger partial charge in [-0.25, -0.2) is 13.4 Å². The van der Waals surface area contributed by atoms with Crippen molar-refractivity contribution in [3.63, 3.8) is 0 Å². The smallest absolute Gasteiger partial charge is 0.259 e. The molecule has 0 saturated heterocycles. The SMILES string of the molecule is CCN(CC)S(=O)(=O)c1ccc(OC)c(C(=O)Nc2ccc(N)nc2)c1.Cl. The fraction of sp³-hybridized carbons (Fsp3) is 0.294. The van der Waals surface area contributed by atoms with Gasteiger partial charge in [-0.1, -0.05) is 13.8 Å². The summed E-state index contributed by atoms with van der Waals surface area (Å²) in [7, 11) is -2.28. The standard InChI is InChI=1S/C17H22N4O4S.ClH/c1-4-21(5-2)26(23,24)13-7-8-15(25-3)14(10-13)17(22)20-12-6-9-16(18)19-11-12;/h6-11H,4-5H2,1-3H3,(H2,18,19)(H,20,22);1H. The largest absolute Gasteiger partial charge is 0.496 e. The molecule has 1 heterocycles. The van der Waals surface area contributed by atoms with Crippen LogP contribution in [0.15, 0.2) is 41.4 Å². The van der Waals surface area contributed by atoms with Crippen LogP contribution in [-0.2, 0) is 10.0 Å². The van der Waals surface area contributed by atoms with Crippen LogP contribution in [0.25, 0.3) is 0 Å². The highest BCUT2D eigenvalue weighted by Gasteiger charge is 2.24. The van der Waals surface area contributed by atoms with Crippen molar-refractivity contribution in [2.45, 2.75) is 18.7 Å². The average Bonchev–Trinajstić information content (AvgIpc) is 2.63. The Bertz CT molecular complexity index is 884. The van der Waals surface area contributed by atoms with Gasteiger partial charge in [-0.2, -0.15) is 4.31 Å². The predicted octanol–water partition coefficient (Wildman–Crippen LogP) is 2.38. The molecular formula is C17H23ClN4O4S. The van der Waals surface area contributed by atoms with Crippen LogP contribution >= 0.6 is 12.4 Å². The Morgan fingerprint density at radius 3 is 2.41 bits per heavy atom. The molecule has 0 atom stereocenters. The molecule has 2 aromatic rings. The zero-order valence-electron chi connectivity index (χ0n) is 15.3. The zero-order chi connectivity index (χ0) is 19.3. The van der Waals surface area contributed by atoms with Crippen LogP contribution in [0, 0.1) is 0 Å². The molecule has 0 aliphatic rings. The van der Waals surface area contributed by atoms with E-state index in [0.717, 1.165) is 0 Å². The number of hydrogen-bond donors (Lipinski definition) is 2. The van der Waals surface area contributed by atoms with E-state index in [1.165, 1.54) is 35.8 Å². The number of anilines is 2. The van der Waals surface area contributed by atoms with Gasteiger partial charge in [-0.05, 0) is 30.3 Å². The fourth-order valence-corrected chi connectivity index (χ4v) is 3.90. The Kier molecular flexibility index (Phi) is 8.01. The lowest BCUT2D eigenvalue weighted by atomic mass is 10.2. The maximum atomic E-state index is 12.7. The number of halogens is 1. The quantitative estimate of drug-likeness (QED) is 0.718. The Hall–Kier alpha value is -2.36. The van der Waals surface area contributed by atoms with E-state index in [4.69, 9.17) is 10.5 Å². The highest BCUT2D eigenvalue weighted by atomic mass is 35.5. The number of nitrogens with two attached hydrogens (primary N) is 1. The Morgan fingerprint density at radius 1 is 1.22 bits per heavy atom. The van der Waals surface area contributed by atoms with Crippen LogP contribution in [0.2, 0.25) is 0 Å².